The number of aryl methyl sites for hydroxylation is 2. The summed E-state index contributed by atoms with van der Waals surface area (Å²) in [5.41, 5.74) is 4.21. The van der Waals surface area contributed by atoms with Gasteiger partial charge >= 0.3 is 5.97 Å². The molecule has 1 atom stereocenters. The molecule has 0 saturated carbocycles. The molecule has 1 unspecified atom stereocenters. The van der Waals surface area contributed by atoms with E-state index in [0.29, 0.717) is 31.9 Å². The van der Waals surface area contributed by atoms with Crippen LogP contribution in [0.3, 0.4) is 0 Å². The molecular formula is C26H29NO5. The Bertz CT molecular complexity index is 1070. The highest BCUT2D eigenvalue weighted by Gasteiger charge is 2.25. The highest BCUT2D eigenvalue weighted by molar-refractivity contribution is 5.71. The molecule has 6 heteroatoms. The van der Waals surface area contributed by atoms with Gasteiger partial charge in [0.2, 0.25) is 5.89 Å². The highest BCUT2D eigenvalue weighted by atomic mass is 16.5. The lowest BCUT2D eigenvalue weighted by molar-refractivity contribution is -0.143. The number of oxazole rings is 1. The van der Waals surface area contributed by atoms with Crippen molar-refractivity contribution in [2.75, 3.05) is 13.2 Å². The Morgan fingerprint density at radius 1 is 1.19 bits per heavy atom. The Morgan fingerprint density at radius 3 is 2.75 bits per heavy atom. The second-order valence-corrected chi connectivity index (χ2v) is 7.99. The molecule has 0 bridgehead atoms. The highest BCUT2D eigenvalue weighted by Crippen LogP contribution is 2.37. The number of fused-ring (bicyclic) bond motifs is 1. The van der Waals surface area contributed by atoms with Crippen molar-refractivity contribution in [3.8, 4) is 23.0 Å². The van der Waals surface area contributed by atoms with Gasteiger partial charge in [-0.3, -0.25) is 4.79 Å². The van der Waals surface area contributed by atoms with E-state index in [2.05, 4.69) is 17.1 Å². The molecule has 0 fully saturated rings. The first-order valence-corrected chi connectivity index (χ1v) is 11.3. The van der Waals surface area contributed by atoms with Gasteiger partial charge in [-0.1, -0.05) is 13.0 Å². The van der Waals surface area contributed by atoms with Gasteiger partial charge in [0.1, 0.15) is 17.3 Å². The number of hydrogen-bond donors (Lipinski definition) is 1. The first-order chi connectivity index (χ1) is 15.6. The van der Waals surface area contributed by atoms with E-state index in [1.165, 1.54) is 11.1 Å². The predicted octanol–water partition coefficient (Wildman–Crippen LogP) is 5.21. The summed E-state index contributed by atoms with van der Waals surface area (Å²) in [6.45, 7) is 4.80. The molecule has 6 nitrogen and oxygen atoms in total. The average molecular weight is 436 g/mol. The number of aromatic nitrogens is 1. The quantitative estimate of drug-likeness (QED) is 0.465. The van der Waals surface area contributed by atoms with Gasteiger partial charge in [0.05, 0.1) is 25.3 Å². The number of carbonyl (C=O) groups excluding carboxylic acids is 1. The molecule has 1 aromatic heterocycles. The molecule has 2 aromatic carbocycles. The van der Waals surface area contributed by atoms with Crippen molar-refractivity contribution in [1.29, 1.82) is 0 Å². The summed E-state index contributed by atoms with van der Waals surface area (Å²) < 4.78 is 17.0. The topological polar surface area (TPSA) is 81.8 Å². The number of benzene rings is 2. The van der Waals surface area contributed by atoms with Gasteiger partial charge in [-0.25, -0.2) is 4.98 Å². The minimum Gasteiger partial charge on any atom is -0.508 e. The van der Waals surface area contributed by atoms with E-state index in [0.717, 1.165) is 42.0 Å². The second-order valence-electron chi connectivity index (χ2n) is 7.99. The normalized spacial score (nSPS) is 14.9. The van der Waals surface area contributed by atoms with Crippen LogP contribution in [-0.2, 0) is 28.8 Å². The molecule has 3 aromatic rings. The number of rotatable bonds is 9. The molecule has 1 N–H and O–H groups in total. The second kappa shape index (κ2) is 9.90. The zero-order valence-corrected chi connectivity index (χ0v) is 18.6. The standard InChI is InChI=1S/C26H29NO5/c1-3-24-23(27-26(32-24)17-7-9-20(28)10-8-17)13-14-31-21-11-12-22-18(15-21)5-6-19(22)16-25(29)30-4-2/h7-12,15,19,28H,3-6,13-14,16H2,1-2H3. The van der Waals surface area contributed by atoms with Gasteiger partial charge in [-0.15, -0.1) is 0 Å². The fraction of sp³-hybridized carbons (Fsp3) is 0.385. The van der Waals surface area contributed by atoms with Crippen LogP contribution in [0.5, 0.6) is 11.5 Å². The Morgan fingerprint density at radius 2 is 2.00 bits per heavy atom. The van der Waals surface area contributed by atoms with E-state index in [4.69, 9.17) is 13.9 Å². The largest absolute Gasteiger partial charge is 0.508 e. The zero-order valence-electron chi connectivity index (χ0n) is 18.6. The van der Waals surface area contributed by atoms with E-state index < -0.39 is 0 Å². The van der Waals surface area contributed by atoms with E-state index in [-0.39, 0.29) is 17.6 Å². The predicted molar refractivity (Wildman–Crippen MR) is 121 cm³/mol. The molecule has 0 spiro atoms. The Kier molecular flexibility index (Phi) is 6.78. The van der Waals surface area contributed by atoms with Gasteiger partial charge in [0.25, 0.3) is 0 Å². The van der Waals surface area contributed by atoms with Crippen molar-refractivity contribution in [3.05, 3.63) is 65.0 Å². The molecule has 1 aliphatic rings. The maximum absolute atomic E-state index is 11.8. The van der Waals surface area contributed by atoms with Crippen LogP contribution in [0, 0.1) is 0 Å². The molecule has 1 aliphatic carbocycles. The van der Waals surface area contributed by atoms with Crippen LogP contribution in [-0.4, -0.2) is 29.3 Å². The minimum atomic E-state index is -0.128. The van der Waals surface area contributed by atoms with Gasteiger partial charge in [-0.05, 0) is 73.2 Å². The number of esters is 1. The summed E-state index contributed by atoms with van der Waals surface area (Å²) in [5.74, 6) is 2.57. The molecule has 168 valence electrons. The number of hydrogen-bond acceptors (Lipinski definition) is 6. The molecule has 0 radical (unpaired) electrons. The third kappa shape index (κ3) is 4.96. The molecule has 4 rings (SSSR count). The summed E-state index contributed by atoms with van der Waals surface area (Å²) in [6, 6.07) is 13.0. The lowest BCUT2D eigenvalue weighted by atomic mass is 9.98. The monoisotopic (exact) mass is 435 g/mol. The van der Waals surface area contributed by atoms with Crippen molar-refractivity contribution in [3.63, 3.8) is 0 Å². The first kappa shape index (κ1) is 21.9. The van der Waals surface area contributed by atoms with Gasteiger partial charge in [-0.2, -0.15) is 0 Å². The fourth-order valence-corrected chi connectivity index (χ4v) is 4.25. The summed E-state index contributed by atoms with van der Waals surface area (Å²) >= 11 is 0. The maximum Gasteiger partial charge on any atom is 0.306 e. The average Bonchev–Trinajstić information content (AvgIpc) is 3.38. The first-order valence-electron chi connectivity index (χ1n) is 11.3. The van der Waals surface area contributed by atoms with Crippen molar-refractivity contribution >= 4 is 5.97 Å². The lowest BCUT2D eigenvalue weighted by Crippen LogP contribution is -2.08. The van der Waals surface area contributed by atoms with Crippen LogP contribution in [0.1, 0.15) is 55.2 Å². The van der Waals surface area contributed by atoms with Crippen molar-refractivity contribution < 1.29 is 23.8 Å². The van der Waals surface area contributed by atoms with Gasteiger partial charge in [0, 0.05) is 18.4 Å². The summed E-state index contributed by atoms with van der Waals surface area (Å²) in [5, 5.41) is 9.48. The van der Waals surface area contributed by atoms with Crippen molar-refractivity contribution in [2.24, 2.45) is 0 Å². The zero-order chi connectivity index (χ0) is 22.5. The van der Waals surface area contributed by atoms with Crippen LogP contribution in [0.15, 0.2) is 46.9 Å². The number of ether oxygens (including phenoxy) is 2. The number of phenols is 1. The van der Waals surface area contributed by atoms with E-state index in [1.54, 1.807) is 24.3 Å². The van der Waals surface area contributed by atoms with Crippen LogP contribution in [0.2, 0.25) is 0 Å². The molecule has 0 aliphatic heterocycles. The van der Waals surface area contributed by atoms with E-state index >= 15 is 0 Å². The number of carbonyl (C=O) groups is 1. The molecule has 0 saturated heterocycles. The third-order valence-corrected chi connectivity index (χ3v) is 5.86. The lowest BCUT2D eigenvalue weighted by Gasteiger charge is -2.12. The summed E-state index contributed by atoms with van der Waals surface area (Å²) in [4.78, 5) is 16.5. The van der Waals surface area contributed by atoms with Crippen LogP contribution in [0.4, 0.5) is 0 Å². The molecule has 0 amide bonds. The smallest absolute Gasteiger partial charge is 0.306 e. The van der Waals surface area contributed by atoms with Crippen LogP contribution in [0.25, 0.3) is 11.5 Å². The van der Waals surface area contributed by atoms with E-state index in [9.17, 15) is 9.90 Å². The maximum atomic E-state index is 11.8. The number of nitrogens with zero attached hydrogens (tertiary/aromatic N) is 1. The molecule has 1 heterocycles. The van der Waals surface area contributed by atoms with E-state index in [1.807, 2.05) is 19.9 Å². The fourth-order valence-electron chi connectivity index (χ4n) is 4.25. The number of aromatic hydroxyl groups is 1. The molecular weight excluding hydrogens is 406 g/mol. The SMILES string of the molecule is CCOC(=O)CC1CCc2cc(OCCc3nc(-c4ccc(O)cc4)oc3CC)ccc21. The minimum absolute atomic E-state index is 0.128. The Balaban J connectivity index is 1.37. The summed E-state index contributed by atoms with van der Waals surface area (Å²) in [6.07, 6.45) is 3.76. The Hall–Kier alpha value is -3.28. The summed E-state index contributed by atoms with van der Waals surface area (Å²) in [7, 11) is 0. The third-order valence-electron chi connectivity index (χ3n) is 5.86. The van der Waals surface area contributed by atoms with Crippen molar-refractivity contribution in [1.82, 2.24) is 4.98 Å². The Labute approximate surface area is 188 Å². The van der Waals surface area contributed by atoms with Crippen molar-refractivity contribution in [2.45, 2.75) is 51.9 Å². The van der Waals surface area contributed by atoms with Crippen LogP contribution < -0.4 is 4.74 Å². The van der Waals surface area contributed by atoms with Crippen LogP contribution >= 0.6 is 0 Å². The number of phenolic OH excluding ortho intramolecular Hbond substituents is 1. The van der Waals surface area contributed by atoms with Gasteiger partial charge in [0.15, 0.2) is 0 Å². The molecule has 32 heavy (non-hydrogen) atoms. The van der Waals surface area contributed by atoms with Gasteiger partial charge < -0.3 is 19.0 Å².